The summed E-state index contributed by atoms with van der Waals surface area (Å²) in [6, 6.07) is 3.67. The van der Waals surface area contributed by atoms with E-state index < -0.39 is 0 Å². The molecule has 0 aromatic carbocycles. The molecular formula is C17H24N4O2. The van der Waals surface area contributed by atoms with E-state index in [9.17, 15) is 9.59 Å². The molecule has 6 heteroatoms. The van der Waals surface area contributed by atoms with Crippen LogP contribution in [0, 0.1) is 5.41 Å². The Labute approximate surface area is 137 Å². The number of hydrogen-bond acceptors (Lipinski definition) is 3. The van der Waals surface area contributed by atoms with Crippen LogP contribution in [0.2, 0.25) is 0 Å². The minimum Gasteiger partial charge on any atom is -0.338 e. The van der Waals surface area contributed by atoms with Crippen molar-refractivity contribution in [2.75, 3.05) is 40.3 Å². The molecule has 3 heterocycles. The summed E-state index contributed by atoms with van der Waals surface area (Å²) in [6.07, 6.45) is 6.36. The largest absolute Gasteiger partial charge is 0.338 e. The van der Waals surface area contributed by atoms with E-state index in [0.29, 0.717) is 5.56 Å². The molecule has 0 bridgehead atoms. The Morgan fingerprint density at radius 3 is 2.65 bits per heavy atom. The van der Waals surface area contributed by atoms with Gasteiger partial charge < -0.3 is 14.7 Å². The summed E-state index contributed by atoms with van der Waals surface area (Å²) >= 11 is 0. The van der Waals surface area contributed by atoms with Gasteiger partial charge in [-0.1, -0.05) is 0 Å². The summed E-state index contributed by atoms with van der Waals surface area (Å²) in [5.74, 6) is 0.0505. The summed E-state index contributed by atoms with van der Waals surface area (Å²) in [5.41, 5.74) is 0.700. The van der Waals surface area contributed by atoms with Gasteiger partial charge in [-0.15, -0.1) is 0 Å². The van der Waals surface area contributed by atoms with Crippen LogP contribution in [0.3, 0.4) is 0 Å². The van der Waals surface area contributed by atoms with Gasteiger partial charge in [0.2, 0.25) is 0 Å². The molecule has 3 amide bonds. The molecule has 2 fully saturated rings. The van der Waals surface area contributed by atoms with Crippen molar-refractivity contribution >= 4 is 11.9 Å². The Hall–Kier alpha value is -2.11. The zero-order chi connectivity index (χ0) is 16.4. The quantitative estimate of drug-likeness (QED) is 0.792. The van der Waals surface area contributed by atoms with Crippen molar-refractivity contribution < 1.29 is 9.59 Å². The molecule has 0 saturated carbocycles. The van der Waals surface area contributed by atoms with Gasteiger partial charge in [-0.2, -0.15) is 0 Å². The van der Waals surface area contributed by atoms with Crippen molar-refractivity contribution in [3.05, 3.63) is 30.1 Å². The highest BCUT2D eigenvalue weighted by Gasteiger charge is 2.44. The number of likely N-dealkylation sites (tertiary alicyclic amines) is 2. The van der Waals surface area contributed by atoms with E-state index >= 15 is 0 Å². The number of carbonyl (C=O) groups is 2. The maximum absolute atomic E-state index is 12.7. The topological polar surface area (TPSA) is 56.8 Å². The molecule has 2 saturated heterocycles. The predicted octanol–water partition coefficient (Wildman–Crippen LogP) is 1.69. The highest BCUT2D eigenvalue weighted by Crippen LogP contribution is 2.39. The van der Waals surface area contributed by atoms with Gasteiger partial charge in [0.1, 0.15) is 0 Å². The molecule has 0 unspecified atom stereocenters. The van der Waals surface area contributed by atoms with Crippen molar-refractivity contribution in [1.29, 1.82) is 0 Å². The first-order valence-electron chi connectivity index (χ1n) is 8.16. The van der Waals surface area contributed by atoms with E-state index in [2.05, 4.69) is 4.98 Å². The second-order valence-electron chi connectivity index (χ2n) is 6.92. The molecule has 2 aliphatic rings. The third kappa shape index (κ3) is 3.16. The van der Waals surface area contributed by atoms with Gasteiger partial charge in [0.05, 0.1) is 5.56 Å². The molecule has 124 valence electrons. The smallest absolute Gasteiger partial charge is 0.319 e. The van der Waals surface area contributed by atoms with Crippen molar-refractivity contribution in [2.45, 2.75) is 19.3 Å². The maximum atomic E-state index is 12.7. The van der Waals surface area contributed by atoms with Crippen molar-refractivity contribution in [1.82, 2.24) is 19.7 Å². The zero-order valence-corrected chi connectivity index (χ0v) is 13.9. The Bertz CT molecular complexity index is 590. The Balaban J connectivity index is 1.69. The molecule has 1 aromatic heterocycles. The number of urea groups is 1. The molecule has 1 aromatic rings. The summed E-state index contributed by atoms with van der Waals surface area (Å²) in [6.45, 7) is 3.06. The van der Waals surface area contributed by atoms with Gasteiger partial charge >= 0.3 is 6.03 Å². The van der Waals surface area contributed by atoms with Crippen LogP contribution in [0.5, 0.6) is 0 Å². The number of aromatic nitrogens is 1. The number of nitrogens with zero attached hydrogens (tertiary/aromatic N) is 4. The second kappa shape index (κ2) is 6.18. The summed E-state index contributed by atoms with van der Waals surface area (Å²) < 4.78 is 0. The SMILES string of the molecule is CN(C)C(=O)N1CC[C@]2(CCCN(C(=O)c3cccnc3)C2)C1. The molecule has 23 heavy (non-hydrogen) atoms. The van der Waals surface area contributed by atoms with Crippen molar-refractivity contribution in [3.63, 3.8) is 0 Å². The Kier molecular flexibility index (Phi) is 4.24. The molecule has 0 N–H and O–H groups in total. The molecule has 0 aliphatic carbocycles. The fourth-order valence-corrected chi connectivity index (χ4v) is 3.77. The zero-order valence-electron chi connectivity index (χ0n) is 13.9. The number of amides is 3. The first-order valence-corrected chi connectivity index (χ1v) is 8.16. The van der Waals surface area contributed by atoms with E-state index in [1.165, 1.54) is 0 Å². The number of pyridine rings is 1. The average Bonchev–Trinajstić information content (AvgIpc) is 2.97. The van der Waals surface area contributed by atoms with Gasteiger partial charge in [0.15, 0.2) is 0 Å². The van der Waals surface area contributed by atoms with Crippen LogP contribution in [-0.2, 0) is 0 Å². The molecule has 2 aliphatic heterocycles. The van der Waals surface area contributed by atoms with Gasteiger partial charge in [0.25, 0.3) is 5.91 Å². The lowest BCUT2D eigenvalue weighted by atomic mass is 9.79. The summed E-state index contributed by atoms with van der Waals surface area (Å²) in [5, 5.41) is 0. The molecule has 1 atom stereocenters. The van der Waals surface area contributed by atoms with E-state index in [4.69, 9.17) is 0 Å². The first-order chi connectivity index (χ1) is 11.0. The predicted molar refractivity (Wildman–Crippen MR) is 87.1 cm³/mol. The van der Waals surface area contributed by atoms with Crippen LogP contribution in [0.15, 0.2) is 24.5 Å². The van der Waals surface area contributed by atoms with Gasteiger partial charge in [-0.3, -0.25) is 9.78 Å². The lowest BCUT2D eigenvalue weighted by molar-refractivity contribution is 0.0533. The second-order valence-corrected chi connectivity index (χ2v) is 6.92. The summed E-state index contributed by atoms with van der Waals surface area (Å²) in [4.78, 5) is 34.3. The van der Waals surface area contributed by atoms with Crippen molar-refractivity contribution in [3.8, 4) is 0 Å². The van der Waals surface area contributed by atoms with E-state index in [0.717, 1.165) is 45.4 Å². The van der Waals surface area contributed by atoms with E-state index in [-0.39, 0.29) is 17.4 Å². The highest BCUT2D eigenvalue weighted by molar-refractivity contribution is 5.94. The van der Waals surface area contributed by atoms with Crippen LogP contribution in [0.4, 0.5) is 4.79 Å². The lowest BCUT2D eigenvalue weighted by Gasteiger charge is -2.40. The summed E-state index contributed by atoms with van der Waals surface area (Å²) in [7, 11) is 3.57. The van der Waals surface area contributed by atoms with Gasteiger partial charge in [0, 0.05) is 58.1 Å². The van der Waals surface area contributed by atoms with Crippen LogP contribution in [-0.4, -0.2) is 71.9 Å². The number of piperidine rings is 1. The first kappa shape index (κ1) is 15.8. The number of hydrogen-bond donors (Lipinski definition) is 0. The van der Waals surface area contributed by atoms with Crippen molar-refractivity contribution in [2.24, 2.45) is 5.41 Å². The molecule has 0 radical (unpaired) electrons. The minimum absolute atomic E-state index is 0.0505. The Morgan fingerprint density at radius 1 is 1.17 bits per heavy atom. The van der Waals surface area contributed by atoms with Crippen LogP contribution >= 0.6 is 0 Å². The Morgan fingerprint density at radius 2 is 1.96 bits per heavy atom. The molecule has 6 nitrogen and oxygen atoms in total. The highest BCUT2D eigenvalue weighted by atomic mass is 16.2. The standard InChI is InChI=1S/C17H24N4O2/c1-19(2)16(23)21-10-7-17(13-21)6-4-9-20(12-17)15(22)14-5-3-8-18-11-14/h3,5,8,11H,4,6-7,9-10,12-13H2,1-2H3/t17-/m0/s1. The normalized spacial score (nSPS) is 24.1. The average molecular weight is 316 g/mol. The fraction of sp³-hybridized carbons (Fsp3) is 0.588. The minimum atomic E-state index is 0.0505. The fourth-order valence-electron chi connectivity index (χ4n) is 3.77. The molecule has 1 spiro atoms. The third-order valence-electron chi connectivity index (χ3n) is 4.95. The lowest BCUT2D eigenvalue weighted by Crippen LogP contribution is -2.48. The number of carbonyl (C=O) groups excluding carboxylic acids is 2. The van der Waals surface area contributed by atoms with E-state index in [1.54, 1.807) is 37.5 Å². The molecular weight excluding hydrogens is 292 g/mol. The van der Waals surface area contributed by atoms with E-state index in [1.807, 2.05) is 15.9 Å². The molecule has 3 rings (SSSR count). The van der Waals surface area contributed by atoms with Gasteiger partial charge in [-0.05, 0) is 31.4 Å². The monoisotopic (exact) mass is 316 g/mol. The van der Waals surface area contributed by atoms with Crippen LogP contribution < -0.4 is 0 Å². The maximum Gasteiger partial charge on any atom is 0.319 e. The van der Waals surface area contributed by atoms with Gasteiger partial charge in [-0.25, -0.2) is 4.79 Å². The number of rotatable bonds is 1. The third-order valence-corrected chi connectivity index (χ3v) is 4.95. The van der Waals surface area contributed by atoms with Crippen LogP contribution in [0.1, 0.15) is 29.6 Å². The van der Waals surface area contributed by atoms with Crippen LogP contribution in [0.25, 0.3) is 0 Å².